The number of rotatable bonds is 8. The Kier molecular flexibility index (Phi) is 8.70. The van der Waals surface area contributed by atoms with Crippen molar-refractivity contribution in [3.05, 3.63) is 194 Å². The third-order valence-corrected chi connectivity index (χ3v) is 10.2. The average molecular weight is 696 g/mol. The van der Waals surface area contributed by atoms with Gasteiger partial charge in [0.1, 0.15) is 11.2 Å². The van der Waals surface area contributed by atoms with E-state index >= 15 is 0 Å². The van der Waals surface area contributed by atoms with Gasteiger partial charge in [0.05, 0.1) is 0 Å². The summed E-state index contributed by atoms with van der Waals surface area (Å²) in [6, 6.07) is 44.2. The van der Waals surface area contributed by atoms with E-state index in [0.29, 0.717) is 23.4 Å². The molecule has 0 spiro atoms. The highest BCUT2D eigenvalue weighted by Gasteiger charge is 2.22. The van der Waals surface area contributed by atoms with Crippen molar-refractivity contribution >= 4 is 38.3 Å². The molecule has 258 valence electrons. The predicted octanol–water partition coefficient (Wildman–Crippen LogP) is 13.3. The Bertz CT molecular complexity index is 2820. The van der Waals surface area contributed by atoms with Crippen LogP contribution in [0.1, 0.15) is 30.4 Å². The molecule has 4 nitrogen and oxygen atoms in total. The molecule has 0 amide bonds. The molecule has 2 aromatic heterocycles. The van der Waals surface area contributed by atoms with Gasteiger partial charge in [0.25, 0.3) is 0 Å². The van der Waals surface area contributed by atoms with E-state index in [4.69, 9.17) is 19.4 Å². The molecular weight excluding hydrogens is 659 g/mol. The molecule has 1 atom stereocenters. The van der Waals surface area contributed by atoms with Gasteiger partial charge in [-0.3, -0.25) is 0 Å². The van der Waals surface area contributed by atoms with Gasteiger partial charge in [-0.05, 0) is 70.6 Å². The predicted molar refractivity (Wildman–Crippen MR) is 225 cm³/mol. The number of para-hydroxylation sites is 1. The maximum atomic E-state index is 6.70. The molecule has 0 radical (unpaired) electrons. The average Bonchev–Trinajstić information content (AvgIpc) is 3.64. The Balaban J connectivity index is 1.25. The second-order valence-electron chi connectivity index (χ2n) is 13.5. The zero-order valence-corrected chi connectivity index (χ0v) is 30.0. The number of fused-ring (bicyclic) bond motifs is 4. The summed E-state index contributed by atoms with van der Waals surface area (Å²) in [6.07, 6.45) is 17.8. The molecule has 2 heterocycles. The Morgan fingerprint density at radius 1 is 0.648 bits per heavy atom. The van der Waals surface area contributed by atoms with E-state index in [1.54, 1.807) is 0 Å². The number of benzene rings is 6. The van der Waals surface area contributed by atoms with Crippen LogP contribution < -0.4 is 0 Å². The molecule has 1 aliphatic rings. The molecule has 9 rings (SSSR count). The lowest BCUT2D eigenvalue weighted by atomic mass is 9.91. The summed E-state index contributed by atoms with van der Waals surface area (Å²) in [5, 5.41) is 4.15. The minimum Gasteiger partial charge on any atom is -0.455 e. The van der Waals surface area contributed by atoms with Crippen molar-refractivity contribution < 1.29 is 4.42 Å². The van der Waals surface area contributed by atoms with Gasteiger partial charge in [-0.15, -0.1) is 0 Å². The Morgan fingerprint density at radius 2 is 1.33 bits per heavy atom. The fourth-order valence-electron chi connectivity index (χ4n) is 7.53. The standard InChI is InChI=1S/C50H37N3O/c1-3-5-16-33(4-2)38-29-31-42(41-22-13-12-21-40(38)41)49-51-48(37-19-10-7-11-20-37)52-50(53-49)44-32-30-39(47-46(44)43-23-14-15-24-45(43)54-47)36-27-25-35(26-28-36)34-17-8-6-9-18-34/h3-17,19-32,34H,2,18H2,1H3/b5-3-,33-16+. The van der Waals surface area contributed by atoms with Crippen molar-refractivity contribution in [1.82, 2.24) is 15.0 Å². The molecule has 1 unspecified atom stereocenters. The van der Waals surface area contributed by atoms with Crippen LogP contribution in [0.15, 0.2) is 187 Å². The number of aromatic nitrogens is 3. The van der Waals surface area contributed by atoms with Crippen molar-refractivity contribution in [2.24, 2.45) is 0 Å². The van der Waals surface area contributed by atoms with Crippen molar-refractivity contribution in [2.75, 3.05) is 0 Å². The first-order valence-electron chi connectivity index (χ1n) is 18.4. The van der Waals surface area contributed by atoms with Gasteiger partial charge in [-0.25, -0.2) is 15.0 Å². The molecule has 54 heavy (non-hydrogen) atoms. The Hall–Kier alpha value is -6.91. The Labute approximate surface area is 314 Å². The minimum atomic E-state index is 0.390. The van der Waals surface area contributed by atoms with E-state index in [9.17, 15) is 0 Å². The summed E-state index contributed by atoms with van der Waals surface area (Å²) in [5.74, 6) is 2.19. The van der Waals surface area contributed by atoms with E-state index in [2.05, 4.69) is 122 Å². The van der Waals surface area contributed by atoms with Crippen LogP contribution in [0.3, 0.4) is 0 Å². The summed E-state index contributed by atoms with van der Waals surface area (Å²) in [4.78, 5) is 15.6. The van der Waals surface area contributed by atoms with Crippen LogP contribution in [0.4, 0.5) is 0 Å². The molecule has 0 saturated heterocycles. The molecule has 0 saturated carbocycles. The van der Waals surface area contributed by atoms with Gasteiger partial charge in [0.15, 0.2) is 17.5 Å². The van der Waals surface area contributed by atoms with E-state index in [1.165, 1.54) is 5.56 Å². The first kappa shape index (κ1) is 33.0. The molecule has 4 heteroatoms. The number of furan rings is 1. The summed E-state index contributed by atoms with van der Waals surface area (Å²) in [6.45, 7) is 6.12. The molecule has 8 aromatic rings. The minimum absolute atomic E-state index is 0.390. The number of hydrogen-bond donors (Lipinski definition) is 0. The Morgan fingerprint density at radius 3 is 2.09 bits per heavy atom. The van der Waals surface area contributed by atoms with Crippen LogP contribution in [-0.4, -0.2) is 15.0 Å². The number of allylic oxidation sites excluding steroid dienone is 9. The van der Waals surface area contributed by atoms with Crippen LogP contribution in [0.2, 0.25) is 0 Å². The maximum Gasteiger partial charge on any atom is 0.164 e. The third-order valence-electron chi connectivity index (χ3n) is 10.2. The highest BCUT2D eigenvalue weighted by atomic mass is 16.3. The summed E-state index contributed by atoms with van der Waals surface area (Å²) >= 11 is 0. The normalized spacial score (nSPS) is 14.5. The topological polar surface area (TPSA) is 51.8 Å². The third kappa shape index (κ3) is 5.98. The van der Waals surface area contributed by atoms with E-state index in [-0.39, 0.29) is 0 Å². The summed E-state index contributed by atoms with van der Waals surface area (Å²) in [7, 11) is 0. The van der Waals surface area contributed by atoms with Crippen molar-refractivity contribution in [3.8, 4) is 45.3 Å². The van der Waals surface area contributed by atoms with Crippen LogP contribution in [0, 0.1) is 0 Å². The van der Waals surface area contributed by atoms with Gasteiger partial charge in [-0.2, -0.15) is 0 Å². The van der Waals surface area contributed by atoms with Crippen LogP contribution in [0.25, 0.3) is 83.6 Å². The second-order valence-corrected chi connectivity index (χ2v) is 13.5. The van der Waals surface area contributed by atoms with Gasteiger partial charge in [0.2, 0.25) is 0 Å². The number of hydrogen-bond acceptors (Lipinski definition) is 4. The second kappa shape index (κ2) is 14.3. The largest absolute Gasteiger partial charge is 0.455 e. The van der Waals surface area contributed by atoms with Crippen LogP contribution in [-0.2, 0) is 0 Å². The molecule has 6 aromatic carbocycles. The lowest BCUT2D eigenvalue weighted by molar-refractivity contribution is 0.670. The molecule has 1 aliphatic carbocycles. The first-order valence-corrected chi connectivity index (χ1v) is 18.4. The van der Waals surface area contributed by atoms with Crippen molar-refractivity contribution in [2.45, 2.75) is 19.3 Å². The lowest BCUT2D eigenvalue weighted by Gasteiger charge is -2.15. The van der Waals surface area contributed by atoms with E-state index < -0.39 is 0 Å². The SMILES string of the molecule is C=C/C(=C\C=C/C)c1ccc(-c2nc(-c3ccccc3)nc(-c3ccc(-c4ccc(C5C=CC=CC5)cc4)c4oc5ccccc5c34)n2)c2ccccc12. The fraction of sp³-hybridized carbons (Fsp3) is 0.0600. The summed E-state index contributed by atoms with van der Waals surface area (Å²) < 4.78 is 6.70. The van der Waals surface area contributed by atoms with Gasteiger partial charge >= 0.3 is 0 Å². The monoisotopic (exact) mass is 695 g/mol. The molecule has 0 aliphatic heterocycles. The van der Waals surface area contributed by atoms with E-state index in [0.717, 1.165) is 78.1 Å². The molecule has 0 fully saturated rings. The first-order chi connectivity index (χ1) is 26.7. The van der Waals surface area contributed by atoms with Gasteiger partial charge in [-0.1, -0.05) is 158 Å². The van der Waals surface area contributed by atoms with Gasteiger partial charge in [0, 0.05) is 38.9 Å². The fourth-order valence-corrected chi connectivity index (χ4v) is 7.53. The van der Waals surface area contributed by atoms with E-state index in [1.807, 2.05) is 67.6 Å². The van der Waals surface area contributed by atoms with Gasteiger partial charge < -0.3 is 4.42 Å². The summed E-state index contributed by atoms with van der Waals surface area (Å²) in [5.41, 5.74) is 9.94. The lowest BCUT2D eigenvalue weighted by Crippen LogP contribution is -2.01. The highest BCUT2D eigenvalue weighted by molar-refractivity contribution is 6.16. The van der Waals surface area contributed by atoms with Crippen LogP contribution in [0.5, 0.6) is 0 Å². The quantitative estimate of drug-likeness (QED) is 0.149. The van der Waals surface area contributed by atoms with Crippen molar-refractivity contribution in [3.63, 3.8) is 0 Å². The molecule has 0 bridgehead atoms. The van der Waals surface area contributed by atoms with Crippen LogP contribution >= 0.6 is 0 Å². The zero-order chi connectivity index (χ0) is 36.4. The van der Waals surface area contributed by atoms with Crippen molar-refractivity contribution in [1.29, 1.82) is 0 Å². The zero-order valence-electron chi connectivity index (χ0n) is 30.0. The maximum absolute atomic E-state index is 6.70. The highest BCUT2D eigenvalue weighted by Crippen LogP contribution is 2.42. The smallest absolute Gasteiger partial charge is 0.164 e. The molecular formula is C50H37N3O. The number of nitrogens with zero attached hydrogens (tertiary/aromatic N) is 3. The molecule has 0 N–H and O–H groups in total.